The van der Waals surface area contributed by atoms with Gasteiger partial charge < -0.3 is 9.67 Å². The highest BCUT2D eigenvalue weighted by atomic mass is 16.6. The zero-order valence-corrected chi connectivity index (χ0v) is 14.1. The van der Waals surface area contributed by atoms with Gasteiger partial charge in [-0.3, -0.25) is 14.9 Å². The smallest absolute Gasteiger partial charge is 0.273 e. The van der Waals surface area contributed by atoms with E-state index >= 15 is 0 Å². The van der Waals surface area contributed by atoms with Gasteiger partial charge in [0, 0.05) is 24.0 Å². The summed E-state index contributed by atoms with van der Waals surface area (Å²) in [5.74, 6) is -0.647. The number of nitrogens with zero attached hydrogens (tertiary/aromatic N) is 3. The number of nitrogens with one attached hydrogen (secondary N) is 1. The molecule has 8 nitrogen and oxygen atoms in total. The second-order valence-corrected chi connectivity index (χ2v) is 5.62. The van der Waals surface area contributed by atoms with Gasteiger partial charge in [-0.2, -0.15) is 5.10 Å². The average molecular weight is 364 g/mol. The highest BCUT2D eigenvalue weighted by Gasteiger charge is 2.16. The van der Waals surface area contributed by atoms with Crippen molar-refractivity contribution in [3.05, 3.63) is 94.3 Å². The summed E-state index contributed by atoms with van der Waals surface area (Å²) in [5, 5.41) is 24.6. The Morgan fingerprint density at radius 2 is 1.81 bits per heavy atom. The predicted octanol–water partition coefficient (Wildman–Crippen LogP) is 2.57. The minimum absolute atomic E-state index is 0.00304. The summed E-state index contributed by atoms with van der Waals surface area (Å²) in [6.45, 7) is 0. The number of nitro groups is 1. The number of carbonyl (C=O) groups is 1. The van der Waals surface area contributed by atoms with Gasteiger partial charge in [0.25, 0.3) is 11.6 Å². The lowest BCUT2D eigenvalue weighted by molar-refractivity contribution is -0.384. The number of rotatable bonds is 6. The third kappa shape index (κ3) is 4.25. The molecule has 1 heterocycles. The van der Waals surface area contributed by atoms with Crippen molar-refractivity contribution in [2.75, 3.05) is 0 Å². The van der Waals surface area contributed by atoms with E-state index in [4.69, 9.17) is 0 Å². The van der Waals surface area contributed by atoms with Crippen LogP contribution in [0.1, 0.15) is 17.4 Å². The first-order valence-electron chi connectivity index (χ1n) is 8.04. The molecule has 0 spiro atoms. The largest absolute Gasteiger partial charge is 0.378 e. The van der Waals surface area contributed by atoms with E-state index in [1.807, 2.05) is 0 Å². The van der Waals surface area contributed by atoms with Crippen molar-refractivity contribution in [3.63, 3.8) is 0 Å². The molecule has 2 N–H and O–H groups in total. The van der Waals surface area contributed by atoms with E-state index in [9.17, 15) is 20.0 Å². The predicted molar refractivity (Wildman–Crippen MR) is 99.6 cm³/mol. The molecular weight excluding hydrogens is 348 g/mol. The first-order chi connectivity index (χ1) is 13.1. The molecule has 0 saturated carbocycles. The molecule has 0 aliphatic rings. The first-order valence-corrected chi connectivity index (χ1v) is 8.04. The van der Waals surface area contributed by atoms with Crippen molar-refractivity contribution < 1.29 is 14.8 Å². The summed E-state index contributed by atoms with van der Waals surface area (Å²) >= 11 is 0. The Morgan fingerprint density at radius 1 is 1.11 bits per heavy atom. The molecule has 0 aliphatic heterocycles. The summed E-state index contributed by atoms with van der Waals surface area (Å²) < 4.78 is 1.76. The second-order valence-electron chi connectivity index (χ2n) is 5.62. The number of amides is 1. The van der Waals surface area contributed by atoms with Crippen LogP contribution in [-0.4, -0.2) is 26.7 Å². The molecule has 0 fully saturated rings. The van der Waals surface area contributed by atoms with Gasteiger partial charge in [-0.15, -0.1) is 0 Å². The molecule has 3 aromatic rings. The summed E-state index contributed by atoms with van der Waals surface area (Å²) in [6.07, 6.45) is 1.88. The summed E-state index contributed by atoms with van der Waals surface area (Å²) in [7, 11) is 0. The molecule has 3 rings (SSSR count). The van der Waals surface area contributed by atoms with E-state index in [0.717, 1.165) is 0 Å². The van der Waals surface area contributed by atoms with Gasteiger partial charge in [0.2, 0.25) is 0 Å². The summed E-state index contributed by atoms with van der Waals surface area (Å²) in [5.41, 5.74) is 4.14. The van der Waals surface area contributed by atoms with Crippen LogP contribution in [-0.2, 0) is 4.79 Å². The van der Waals surface area contributed by atoms with Gasteiger partial charge in [0.15, 0.2) is 6.10 Å². The third-order valence-corrected chi connectivity index (χ3v) is 3.85. The Morgan fingerprint density at radius 3 is 2.48 bits per heavy atom. The number of non-ortho nitro benzene ring substituents is 1. The van der Waals surface area contributed by atoms with Crippen LogP contribution in [0.15, 0.2) is 78.0 Å². The lowest BCUT2D eigenvalue weighted by atomic mass is 10.1. The summed E-state index contributed by atoms with van der Waals surface area (Å²) in [4.78, 5) is 22.3. The molecule has 0 bridgehead atoms. The average Bonchev–Trinajstić information content (AvgIpc) is 3.16. The SMILES string of the molecule is O=C(N/N=C\c1cccn1-c1ccc([N+](=O)[O-])cc1)[C@H](O)c1ccccc1. The molecule has 27 heavy (non-hydrogen) atoms. The normalized spacial score (nSPS) is 12.0. The molecule has 2 aromatic carbocycles. The fraction of sp³-hybridized carbons (Fsp3) is 0.0526. The second kappa shape index (κ2) is 8.07. The maximum Gasteiger partial charge on any atom is 0.273 e. The quantitative estimate of drug-likeness (QED) is 0.398. The number of benzene rings is 2. The number of hydrogen-bond donors (Lipinski definition) is 2. The van der Waals surface area contributed by atoms with Crippen molar-refractivity contribution in [3.8, 4) is 5.69 Å². The molecule has 0 saturated heterocycles. The third-order valence-electron chi connectivity index (χ3n) is 3.85. The molecular formula is C19H16N4O4. The number of aliphatic hydroxyl groups excluding tert-OH is 1. The zero-order chi connectivity index (χ0) is 19.2. The Bertz CT molecular complexity index is 965. The van der Waals surface area contributed by atoms with Crippen LogP contribution in [0.2, 0.25) is 0 Å². The molecule has 0 radical (unpaired) electrons. The van der Waals surface area contributed by atoms with Crippen LogP contribution in [0.25, 0.3) is 5.69 Å². The van der Waals surface area contributed by atoms with E-state index < -0.39 is 16.9 Å². The van der Waals surface area contributed by atoms with Crippen molar-refractivity contribution in [2.24, 2.45) is 5.10 Å². The number of hydrogen-bond acceptors (Lipinski definition) is 5. The van der Waals surface area contributed by atoms with E-state index in [0.29, 0.717) is 16.9 Å². The Hall–Kier alpha value is -3.78. The fourth-order valence-electron chi connectivity index (χ4n) is 2.48. The van der Waals surface area contributed by atoms with Crippen molar-refractivity contribution in [1.82, 2.24) is 9.99 Å². The van der Waals surface area contributed by atoms with Gasteiger partial charge in [-0.1, -0.05) is 30.3 Å². The molecule has 0 aliphatic carbocycles. The van der Waals surface area contributed by atoms with E-state index in [1.165, 1.54) is 18.3 Å². The van der Waals surface area contributed by atoms with Gasteiger partial charge >= 0.3 is 0 Å². The standard InChI is InChI=1S/C19H16N4O4/c24-18(14-5-2-1-3-6-14)19(25)21-20-13-17-7-4-12-22(17)15-8-10-16(11-9-15)23(26)27/h1-13,18,24H,(H,21,25)/b20-13-/t18-/m1/s1. The van der Waals surface area contributed by atoms with Crippen molar-refractivity contribution >= 4 is 17.8 Å². The minimum atomic E-state index is -1.31. The molecule has 1 amide bonds. The van der Waals surface area contributed by atoms with Crippen molar-refractivity contribution in [2.45, 2.75) is 6.10 Å². The first kappa shape index (κ1) is 18.0. The van der Waals surface area contributed by atoms with Crippen molar-refractivity contribution in [1.29, 1.82) is 0 Å². The molecule has 8 heteroatoms. The summed E-state index contributed by atoms with van der Waals surface area (Å²) in [6, 6.07) is 18.1. The topological polar surface area (TPSA) is 110 Å². The Balaban J connectivity index is 1.69. The minimum Gasteiger partial charge on any atom is -0.378 e. The maximum absolute atomic E-state index is 12.0. The highest BCUT2D eigenvalue weighted by Crippen LogP contribution is 2.17. The van der Waals surface area contributed by atoms with Crippen LogP contribution in [0.5, 0.6) is 0 Å². The number of aliphatic hydroxyl groups is 1. The maximum atomic E-state index is 12.0. The number of hydrazone groups is 1. The molecule has 1 atom stereocenters. The number of carbonyl (C=O) groups excluding carboxylic acids is 1. The lowest BCUT2D eigenvalue weighted by Gasteiger charge is -2.09. The molecule has 0 unspecified atom stereocenters. The Kier molecular flexibility index (Phi) is 5.38. The molecule has 1 aromatic heterocycles. The van der Waals surface area contributed by atoms with Gasteiger partial charge in [-0.25, -0.2) is 5.43 Å². The van der Waals surface area contributed by atoms with Gasteiger partial charge in [-0.05, 0) is 29.8 Å². The van der Waals surface area contributed by atoms with Crippen LogP contribution in [0.4, 0.5) is 5.69 Å². The van der Waals surface area contributed by atoms with Crippen LogP contribution < -0.4 is 5.43 Å². The van der Waals surface area contributed by atoms with Crippen LogP contribution >= 0.6 is 0 Å². The van der Waals surface area contributed by atoms with E-state index in [1.54, 1.807) is 65.4 Å². The van der Waals surface area contributed by atoms with E-state index in [-0.39, 0.29) is 5.69 Å². The molecule has 136 valence electrons. The van der Waals surface area contributed by atoms with Crippen LogP contribution in [0.3, 0.4) is 0 Å². The van der Waals surface area contributed by atoms with E-state index in [2.05, 4.69) is 10.5 Å². The van der Waals surface area contributed by atoms with Crippen LogP contribution in [0, 0.1) is 10.1 Å². The monoisotopic (exact) mass is 364 g/mol. The Labute approximate surface area is 154 Å². The highest BCUT2D eigenvalue weighted by molar-refractivity contribution is 5.84. The number of nitro benzene ring substituents is 1. The number of aromatic nitrogens is 1. The zero-order valence-electron chi connectivity index (χ0n) is 14.1. The van der Waals surface area contributed by atoms with Gasteiger partial charge in [0.1, 0.15) is 0 Å². The lowest BCUT2D eigenvalue weighted by Crippen LogP contribution is -2.25. The van der Waals surface area contributed by atoms with Gasteiger partial charge in [0.05, 0.1) is 16.8 Å². The fourth-order valence-corrected chi connectivity index (χ4v) is 2.48.